The summed E-state index contributed by atoms with van der Waals surface area (Å²) in [5, 5.41) is 0.719. The summed E-state index contributed by atoms with van der Waals surface area (Å²) < 4.78 is 0. The molecular weight excluding hydrogens is 296 g/mol. The summed E-state index contributed by atoms with van der Waals surface area (Å²) in [5.41, 5.74) is 8.68. The first-order valence-electron chi connectivity index (χ1n) is 6.84. The molecule has 0 bridgehead atoms. The van der Waals surface area contributed by atoms with E-state index in [2.05, 4.69) is 9.97 Å². The van der Waals surface area contributed by atoms with Gasteiger partial charge in [-0.05, 0) is 42.3 Å². The van der Waals surface area contributed by atoms with E-state index < -0.39 is 0 Å². The molecule has 0 atom stereocenters. The lowest BCUT2D eigenvalue weighted by Crippen LogP contribution is -2.10. The number of allylic oxidation sites excluding steroid dienone is 4. The van der Waals surface area contributed by atoms with Gasteiger partial charge in [0.15, 0.2) is 0 Å². The van der Waals surface area contributed by atoms with Crippen molar-refractivity contribution in [2.24, 2.45) is 0 Å². The second-order valence-corrected chi connectivity index (χ2v) is 5.36. The van der Waals surface area contributed by atoms with Crippen molar-refractivity contribution >= 4 is 28.9 Å². The fourth-order valence-corrected chi connectivity index (χ4v) is 2.42. The van der Waals surface area contributed by atoms with Crippen LogP contribution >= 0.6 is 11.6 Å². The Morgan fingerprint density at radius 3 is 2.77 bits per heavy atom. The van der Waals surface area contributed by atoms with Gasteiger partial charge in [0.2, 0.25) is 5.95 Å². The van der Waals surface area contributed by atoms with Gasteiger partial charge in [-0.15, -0.1) is 0 Å². The van der Waals surface area contributed by atoms with Crippen molar-refractivity contribution in [1.29, 1.82) is 0 Å². The van der Waals surface area contributed by atoms with Gasteiger partial charge in [-0.2, -0.15) is 4.98 Å². The van der Waals surface area contributed by atoms with Gasteiger partial charge >= 0.3 is 0 Å². The molecular formula is C17H15ClN4. The Labute approximate surface area is 134 Å². The Morgan fingerprint density at radius 1 is 1.14 bits per heavy atom. The van der Waals surface area contributed by atoms with Crippen LogP contribution < -0.4 is 10.6 Å². The van der Waals surface area contributed by atoms with Crippen molar-refractivity contribution in [3.05, 3.63) is 77.2 Å². The largest absolute Gasteiger partial charge is 0.368 e. The van der Waals surface area contributed by atoms with Crippen LogP contribution in [0.2, 0.25) is 5.02 Å². The van der Waals surface area contributed by atoms with Crippen molar-refractivity contribution in [2.75, 3.05) is 10.6 Å². The summed E-state index contributed by atoms with van der Waals surface area (Å²) >= 11 is 6.05. The first-order valence-corrected chi connectivity index (χ1v) is 7.22. The lowest BCUT2D eigenvalue weighted by molar-refractivity contribution is 1.08. The molecule has 4 nitrogen and oxygen atoms in total. The van der Waals surface area contributed by atoms with E-state index in [1.807, 2.05) is 72.8 Å². The highest BCUT2D eigenvalue weighted by atomic mass is 35.5. The van der Waals surface area contributed by atoms with E-state index in [1.54, 1.807) is 0 Å². The molecule has 2 heterocycles. The summed E-state index contributed by atoms with van der Waals surface area (Å²) in [7, 11) is 0. The number of aryl methyl sites for hydroxylation is 1. The predicted molar refractivity (Wildman–Crippen MR) is 91.4 cm³/mol. The normalized spacial score (nSPS) is 13.9. The van der Waals surface area contributed by atoms with E-state index in [-0.39, 0.29) is 5.95 Å². The molecule has 0 spiro atoms. The molecule has 1 aliphatic rings. The van der Waals surface area contributed by atoms with Crippen LogP contribution in [0.3, 0.4) is 0 Å². The van der Waals surface area contributed by atoms with Crippen molar-refractivity contribution in [1.82, 2.24) is 9.97 Å². The van der Waals surface area contributed by atoms with Crippen LogP contribution in [0.15, 0.2) is 61.0 Å². The molecule has 1 aromatic heterocycles. The highest BCUT2D eigenvalue weighted by Crippen LogP contribution is 2.23. The molecule has 0 amide bonds. The number of hydrogen-bond donors (Lipinski definition) is 1. The molecule has 110 valence electrons. The van der Waals surface area contributed by atoms with Crippen LogP contribution in [0.5, 0.6) is 0 Å². The Hall–Kier alpha value is -2.59. The molecule has 0 aliphatic carbocycles. The molecule has 0 saturated carbocycles. The molecule has 3 rings (SSSR count). The predicted octanol–water partition coefficient (Wildman–Crippen LogP) is 3.95. The molecule has 5 heteroatoms. The Morgan fingerprint density at radius 2 is 2.00 bits per heavy atom. The van der Waals surface area contributed by atoms with Gasteiger partial charge in [-0.25, -0.2) is 4.98 Å². The summed E-state index contributed by atoms with van der Waals surface area (Å²) in [6.07, 6.45) is 9.87. The van der Waals surface area contributed by atoms with E-state index in [0.717, 1.165) is 27.7 Å². The number of benzene rings is 1. The number of hydrogen-bond acceptors (Lipinski definition) is 4. The Balaban J connectivity index is 1.90. The van der Waals surface area contributed by atoms with Crippen molar-refractivity contribution in [2.45, 2.75) is 6.92 Å². The Kier molecular flexibility index (Phi) is 3.94. The second-order valence-electron chi connectivity index (χ2n) is 4.92. The maximum Gasteiger partial charge on any atom is 0.222 e. The first-order chi connectivity index (χ1) is 10.6. The summed E-state index contributed by atoms with van der Waals surface area (Å²) in [6, 6.07) is 9.65. The van der Waals surface area contributed by atoms with Gasteiger partial charge in [0.25, 0.3) is 0 Å². The third kappa shape index (κ3) is 3.18. The molecule has 2 aromatic rings. The van der Waals surface area contributed by atoms with Gasteiger partial charge in [0.1, 0.15) is 5.82 Å². The zero-order chi connectivity index (χ0) is 15.5. The monoisotopic (exact) mass is 310 g/mol. The molecule has 0 unspecified atom stereocenters. The molecule has 0 radical (unpaired) electrons. The fourth-order valence-electron chi connectivity index (χ4n) is 2.23. The van der Waals surface area contributed by atoms with Crippen LogP contribution in [0.25, 0.3) is 5.57 Å². The van der Waals surface area contributed by atoms with Gasteiger partial charge in [0, 0.05) is 29.2 Å². The van der Waals surface area contributed by atoms with Crippen LogP contribution in [-0.2, 0) is 0 Å². The van der Waals surface area contributed by atoms with E-state index in [1.165, 1.54) is 0 Å². The number of nitrogen functional groups attached to an aromatic ring is 1. The number of halogens is 1. The van der Waals surface area contributed by atoms with Crippen LogP contribution in [0, 0.1) is 6.92 Å². The number of rotatable bonds is 2. The SMILES string of the molecule is Cc1cc(N2C=CC=C(c3cccc(Cl)c3)C=C2)nc(N)n1. The van der Waals surface area contributed by atoms with Crippen molar-refractivity contribution < 1.29 is 0 Å². The zero-order valence-corrected chi connectivity index (χ0v) is 12.8. The summed E-state index contributed by atoms with van der Waals surface area (Å²) in [5.74, 6) is 1.00. The fraction of sp³-hybridized carbons (Fsp3) is 0.0588. The maximum absolute atomic E-state index is 6.05. The third-order valence-corrected chi connectivity index (χ3v) is 3.45. The number of nitrogens with zero attached hydrogens (tertiary/aromatic N) is 3. The molecule has 22 heavy (non-hydrogen) atoms. The van der Waals surface area contributed by atoms with E-state index in [4.69, 9.17) is 17.3 Å². The van der Waals surface area contributed by atoms with E-state index in [0.29, 0.717) is 0 Å². The smallest absolute Gasteiger partial charge is 0.222 e. The number of aromatic nitrogens is 2. The average Bonchev–Trinajstić information content (AvgIpc) is 2.72. The quantitative estimate of drug-likeness (QED) is 0.912. The standard InChI is InChI=1S/C17H15ClN4/c1-12-10-16(21-17(19)20-12)22-8-3-5-13(7-9-22)14-4-2-6-15(18)11-14/h2-11H,1H3,(H2,19,20,21). The Bertz CT molecular complexity index is 773. The van der Waals surface area contributed by atoms with E-state index in [9.17, 15) is 0 Å². The second kappa shape index (κ2) is 6.03. The third-order valence-electron chi connectivity index (χ3n) is 3.22. The zero-order valence-electron chi connectivity index (χ0n) is 12.1. The number of nitrogens with two attached hydrogens (primary N) is 1. The lowest BCUT2D eigenvalue weighted by atomic mass is 10.1. The molecule has 0 saturated heterocycles. The minimum Gasteiger partial charge on any atom is -0.368 e. The minimum absolute atomic E-state index is 0.268. The summed E-state index contributed by atoms with van der Waals surface area (Å²) in [4.78, 5) is 10.2. The van der Waals surface area contributed by atoms with Gasteiger partial charge in [-0.3, -0.25) is 0 Å². The van der Waals surface area contributed by atoms with Crippen LogP contribution in [-0.4, -0.2) is 9.97 Å². The first kappa shape index (κ1) is 14.4. The van der Waals surface area contributed by atoms with Gasteiger partial charge in [0.05, 0.1) is 0 Å². The van der Waals surface area contributed by atoms with Crippen molar-refractivity contribution in [3.63, 3.8) is 0 Å². The summed E-state index contributed by atoms with van der Waals surface area (Å²) in [6.45, 7) is 1.89. The van der Waals surface area contributed by atoms with Gasteiger partial charge < -0.3 is 10.6 Å². The lowest BCUT2D eigenvalue weighted by Gasteiger charge is -2.14. The van der Waals surface area contributed by atoms with Crippen LogP contribution in [0.4, 0.5) is 11.8 Å². The van der Waals surface area contributed by atoms with Crippen molar-refractivity contribution in [3.8, 4) is 0 Å². The maximum atomic E-state index is 6.05. The highest BCUT2D eigenvalue weighted by Gasteiger charge is 2.07. The minimum atomic E-state index is 0.268. The molecule has 1 aromatic carbocycles. The van der Waals surface area contributed by atoms with E-state index >= 15 is 0 Å². The topological polar surface area (TPSA) is 55.0 Å². The highest BCUT2D eigenvalue weighted by molar-refractivity contribution is 6.30. The molecule has 2 N–H and O–H groups in total. The number of anilines is 2. The molecule has 1 aliphatic heterocycles. The van der Waals surface area contributed by atoms with Crippen LogP contribution in [0.1, 0.15) is 11.3 Å². The van der Waals surface area contributed by atoms with Gasteiger partial charge in [-0.1, -0.05) is 29.8 Å². The average molecular weight is 311 g/mol. The molecule has 0 fully saturated rings.